The van der Waals surface area contributed by atoms with Crippen molar-refractivity contribution < 1.29 is 39.0 Å². The molecule has 4 amide bonds. The molecule has 0 aliphatic heterocycles. The van der Waals surface area contributed by atoms with E-state index >= 15 is 0 Å². The van der Waals surface area contributed by atoms with Gasteiger partial charge in [-0.3, -0.25) is 24.0 Å². The number of carboxylic acid groups (broad SMARTS) is 2. The Balaban J connectivity index is 4.17. The van der Waals surface area contributed by atoms with Crippen molar-refractivity contribution in [3.05, 3.63) is 0 Å². The SMILES string of the molecule is CCCCCCCCCCCC(=O)NC(CCC(=O)NCCCCCNC(=O)C(CCC(=O)O)NC(=O)CCCCCCCCCCC)C(=O)O. The number of carboxylic acids is 2. The van der Waals surface area contributed by atoms with E-state index < -0.39 is 29.9 Å². The summed E-state index contributed by atoms with van der Waals surface area (Å²) in [6.45, 7) is 5.14. The lowest BCUT2D eigenvalue weighted by Crippen LogP contribution is -2.47. The molecule has 0 aliphatic rings. The Hall–Kier alpha value is -3.18. The summed E-state index contributed by atoms with van der Waals surface area (Å²) in [6, 6.07) is -2.01. The van der Waals surface area contributed by atoms with Crippen molar-refractivity contribution in [2.24, 2.45) is 0 Å². The predicted molar refractivity (Wildman–Crippen MR) is 201 cm³/mol. The Morgan fingerprint density at radius 2 is 0.824 bits per heavy atom. The fourth-order valence-electron chi connectivity index (χ4n) is 5.87. The zero-order valence-corrected chi connectivity index (χ0v) is 32.0. The van der Waals surface area contributed by atoms with Gasteiger partial charge in [-0.2, -0.15) is 0 Å². The van der Waals surface area contributed by atoms with Gasteiger partial charge in [-0.15, -0.1) is 0 Å². The third-order valence-electron chi connectivity index (χ3n) is 9.08. The minimum Gasteiger partial charge on any atom is -0.481 e. The number of hydrogen-bond donors (Lipinski definition) is 6. The van der Waals surface area contributed by atoms with Crippen molar-refractivity contribution >= 4 is 35.6 Å². The molecule has 0 heterocycles. The summed E-state index contributed by atoms with van der Waals surface area (Å²) in [7, 11) is 0. The molecule has 0 aromatic heterocycles. The van der Waals surface area contributed by atoms with Crippen LogP contribution in [0.1, 0.15) is 187 Å². The second-order valence-corrected chi connectivity index (χ2v) is 13.9. The normalized spacial score (nSPS) is 12.1. The third-order valence-corrected chi connectivity index (χ3v) is 9.08. The molecule has 2 unspecified atom stereocenters. The summed E-state index contributed by atoms with van der Waals surface area (Å²) in [6.07, 6.45) is 22.7. The molecule has 0 saturated carbocycles. The lowest BCUT2D eigenvalue weighted by Gasteiger charge is -2.18. The van der Waals surface area contributed by atoms with Gasteiger partial charge >= 0.3 is 11.9 Å². The molecule has 51 heavy (non-hydrogen) atoms. The van der Waals surface area contributed by atoms with Crippen molar-refractivity contribution in [1.29, 1.82) is 0 Å². The van der Waals surface area contributed by atoms with Crippen LogP contribution in [0.4, 0.5) is 0 Å². The number of nitrogens with one attached hydrogen (secondary N) is 4. The lowest BCUT2D eigenvalue weighted by atomic mass is 10.1. The van der Waals surface area contributed by atoms with Crippen molar-refractivity contribution in [1.82, 2.24) is 21.3 Å². The van der Waals surface area contributed by atoms with Gasteiger partial charge < -0.3 is 31.5 Å². The molecule has 6 N–H and O–H groups in total. The summed E-state index contributed by atoms with van der Waals surface area (Å²) in [4.78, 5) is 72.4. The quantitative estimate of drug-likeness (QED) is 0.0375. The highest BCUT2D eigenvalue weighted by molar-refractivity contribution is 5.88. The van der Waals surface area contributed by atoms with E-state index in [1.807, 2.05) is 0 Å². The van der Waals surface area contributed by atoms with E-state index in [9.17, 15) is 33.9 Å². The van der Waals surface area contributed by atoms with Crippen LogP contribution in [0.15, 0.2) is 0 Å². The smallest absolute Gasteiger partial charge is 0.326 e. The highest BCUT2D eigenvalue weighted by Crippen LogP contribution is 2.12. The van der Waals surface area contributed by atoms with Gasteiger partial charge in [-0.1, -0.05) is 117 Å². The Morgan fingerprint density at radius 3 is 1.27 bits per heavy atom. The summed E-state index contributed by atoms with van der Waals surface area (Å²) in [5.74, 6) is -3.43. The number of rotatable bonds is 36. The average Bonchev–Trinajstić information content (AvgIpc) is 3.09. The van der Waals surface area contributed by atoms with Crippen LogP contribution in [0.25, 0.3) is 0 Å². The largest absolute Gasteiger partial charge is 0.481 e. The molecule has 0 saturated heterocycles. The minimum atomic E-state index is -1.16. The topological polar surface area (TPSA) is 191 Å². The molecule has 12 nitrogen and oxygen atoms in total. The summed E-state index contributed by atoms with van der Waals surface area (Å²) in [5, 5.41) is 29.4. The van der Waals surface area contributed by atoms with Gasteiger partial charge in [0.25, 0.3) is 0 Å². The van der Waals surface area contributed by atoms with Gasteiger partial charge in [0.2, 0.25) is 23.6 Å². The molecular formula is C39H72N4O8. The van der Waals surface area contributed by atoms with Gasteiger partial charge in [0.1, 0.15) is 12.1 Å². The van der Waals surface area contributed by atoms with E-state index in [0.29, 0.717) is 38.8 Å². The van der Waals surface area contributed by atoms with Crippen LogP contribution in [0.2, 0.25) is 0 Å². The van der Waals surface area contributed by atoms with E-state index in [0.717, 1.165) is 51.4 Å². The summed E-state index contributed by atoms with van der Waals surface area (Å²) >= 11 is 0. The monoisotopic (exact) mass is 725 g/mol. The van der Waals surface area contributed by atoms with E-state index in [1.54, 1.807) is 0 Å². The molecule has 0 bridgehead atoms. The zero-order chi connectivity index (χ0) is 38.0. The van der Waals surface area contributed by atoms with Crippen molar-refractivity contribution in [3.63, 3.8) is 0 Å². The molecule has 2 atom stereocenters. The first-order valence-corrected chi connectivity index (χ1v) is 20.2. The molecule has 0 aromatic carbocycles. The lowest BCUT2D eigenvalue weighted by molar-refractivity contribution is -0.142. The first kappa shape index (κ1) is 47.8. The highest BCUT2D eigenvalue weighted by Gasteiger charge is 2.22. The molecule has 296 valence electrons. The van der Waals surface area contributed by atoms with Crippen LogP contribution in [-0.2, 0) is 28.8 Å². The molecule has 0 radical (unpaired) electrons. The molecule has 0 aromatic rings. The Morgan fingerprint density at radius 1 is 0.431 bits per heavy atom. The van der Waals surface area contributed by atoms with Gasteiger partial charge in [0.05, 0.1) is 0 Å². The van der Waals surface area contributed by atoms with Crippen molar-refractivity contribution in [2.75, 3.05) is 13.1 Å². The molecule has 0 rings (SSSR count). The number of unbranched alkanes of at least 4 members (excludes halogenated alkanes) is 18. The van der Waals surface area contributed by atoms with Crippen LogP contribution in [0.5, 0.6) is 0 Å². The summed E-state index contributed by atoms with van der Waals surface area (Å²) in [5.41, 5.74) is 0. The standard InChI is InChI=1S/C39H72N4O8/c1-3-5-7-9-11-13-15-17-20-24-35(45)42-32(27-29-37(47)48)38(49)41-31-23-19-22-30-40-34(44)28-26-33(39(50)51)43-36(46)25-21-18-16-14-12-10-8-6-4-2/h32-33H,3-31H2,1-2H3,(H,40,44)(H,41,49)(H,42,45)(H,43,46)(H,47,48)(H,50,51). The van der Waals surface area contributed by atoms with Crippen LogP contribution >= 0.6 is 0 Å². The van der Waals surface area contributed by atoms with E-state index in [2.05, 4.69) is 35.1 Å². The van der Waals surface area contributed by atoms with Gasteiger partial charge in [0.15, 0.2) is 0 Å². The molecular weight excluding hydrogens is 652 g/mol. The maximum atomic E-state index is 12.7. The first-order valence-electron chi connectivity index (χ1n) is 20.2. The second-order valence-electron chi connectivity index (χ2n) is 13.9. The van der Waals surface area contributed by atoms with Crippen LogP contribution in [0.3, 0.4) is 0 Å². The van der Waals surface area contributed by atoms with E-state index in [-0.39, 0.29) is 49.8 Å². The molecule has 0 aliphatic carbocycles. The third kappa shape index (κ3) is 31.3. The van der Waals surface area contributed by atoms with Gasteiger partial charge in [-0.25, -0.2) is 4.79 Å². The first-order chi connectivity index (χ1) is 24.6. The predicted octanol–water partition coefficient (Wildman–Crippen LogP) is 6.93. The van der Waals surface area contributed by atoms with Gasteiger partial charge in [-0.05, 0) is 44.9 Å². The maximum absolute atomic E-state index is 12.7. The fourth-order valence-corrected chi connectivity index (χ4v) is 5.87. The van der Waals surface area contributed by atoms with Gasteiger partial charge in [0, 0.05) is 38.8 Å². The van der Waals surface area contributed by atoms with Crippen LogP contribution < -0.4 is 21.3 Å². The summed E-state index contributed by atoms with van der Waals surface area (Å²) < 4.78 is 0. The Kier molecular flexibility index (Phi) is 31.8. The van der Waals surface area contributed by atoms with Crippen molar-refractivity contribution in [2.45, 2.75) is 199 Å². The van der Waals surface area contributed by atoms with E-state index in [1.165, 1.54) is 64.2 Å². The number of carbonyl (C=O) groups excluding carboxylic acids is 4. The number of hydrogen-bond acceptors (Lipinski definition) is 6. The molecule has 0 fully saturated rings. The molecule has 12 heteroatoms. The van der Waals surface area contributed by atoms with E-state index in [4.69, 9.17) is 5.11 Å². The minimum absolute atomic E-state index is 0.00940. The number of carbonyl (C=O) groups is 6. The average molecular weight is 725 g/mol. The van der Waals surface area contributed by atoms with Crippen LogP contribution in [-0.4, -0.2) is 71.0 Å². The van der Waals surface area contributed by atoms with Crippen LogP contribution in [0, 0.1) is 0 Å². The zero-order valence-electron chi connectivity index (χ0n) is 32.0. The maximum Gasteiger partial charge on any atom is 0.326 e. The highest BCUT2D eigenvalue weighted by atomic mass is 16.4. The molecule has 0 spiro atoms. The number of amides is 4. The second kappa shape index (κ2) is 33.9. The Bertz CT molecular complexity index is 961. The fraction of sp³-hybridized carbons (Fsp3) is 0.846. The number of aliphatic carboxylic acids is 2. The Labute approximate surface area is 307 Å². The van der Waals surface area contributed by atoms with Crippen molar-refractivity contribution in [3.8, 4) is 0 Å².